The first-order valence-electron chi connectivity index (χ1n) is 9.17. The first kappa shape index (κ1) is 21.7. The Hall–Kier alpha value is -3.03. The zero-order chi connectivity index (χ0) is 21.6. The van der Waals surface area contributed by atoms with Crippen molar-refractivity contribution in [2.75, 3.05) is 18.1 Å². The Morgan fingerprint density at radius 3 is 2.03 bits per heavy atom. The lowest BCUT2D eigenvalue weighted by atomic mass is 10.1. The van der Waals surface area contributed by atoms with E-state index in [9.17, 15) is 13.2 Å². The topological polar surface area (TPSA) is 84.5 Å². The van der Waals surface area contributed by atoms with Crippen LogP contribution >= 0.6 is 11.6 Å². The maximum Gasteiger partial charge on any atom is 0.319 e. The summed E-state index contributed by atoms with van der Waals surface area (Å²) in [5.74, 6) is 1.08. The molecule has 156 valence electrons. The molecule has 0 bridgehead atoms. The Morgan fingerprint density at radius 2 is 1.47 bits per heavy atom. The van der Waals surface area contributed by atoms with E-state index in [0.29, 0.717) is 35.2 Å². The standard InChI is InChI=1S/C22H21ClN2O4S/c1-30(27,28)21-12-10-20(11-13-21)29-19-8-6-18(7-9-19)25-22(26)24-15-14-16-2-4-17(23)5-3-16/h2-13H,14-15H2,1H3,(H2,24,25,26). The van der Waals surface area contributed by atoms with Crippen molar-refractivity contribution < 1.29 is 17.9 Å². The predicted molar refractivity (Wildman–Crippen MR) is 118 cm³/mol. The lowest BCUT2D eigenvalue weighted by molar-refractivity contribution is 0.252. The second-order valence-electron chi connectivity index (χ2n) is 6.63. The fraction of sp³-hybridized carbons (Fsp3) is 0.136. The highest BCUT2D eigenvalue weighted by molar-refractivity contribution is 7.90. The van der Waals surface area contributed by atoms with Crippen LogP contribution in [0, 0.1) is 0 Å². The van der Waals surface area contributed by atoms with Gasteiger partial charge >= 0.3 is 6.03 Å². The Kier molecular flexibility index (Phi) is 6.97. The Balaban J connectivity index is 1.47. The van der Waals surface area contributed by atoms with Crippen LogP contribution in [0.2, 0.25) is 5.02 Å². The number of urea groups is 1. The normalized spacial score (nSPS) is 11.0. The number of hydrogen-bond donors (Lipinski definition) is 2. The van der Waals surface area contributed by atoms with Gasteiger partial charge in [0.25, 0.3) is 0 Å². The minimum atomic E-state index is -3.24. The van der Waals surface area contributed by atoms with Crippen LogP contribution in [0.3, 0.4) is 0 Å². The smallest absolute Gasteiger partial charge is 0.319 e. The molecule has 0 aromatic heterocycles. The second-order valence-corrected chi connectivity index (χ2v) is 9.08. The van der Waals surface area contributed by atoms with E-state index in [0.717, 1.165) is 11.8 Å². The van der Waals surface area contributed by atoms with E-state index >= 15 is 0 Å². The van der Waals surface area contributed by atoms with E-state index < -0.39 is 9.84 Å². The van der Waals surface area contributed by atoms with Gasteiger partial charge in [-0.15, -0.1) is 0 Å². The van der Waals surface area contributed by atoms with Crippen molar-refractivity contribution in [3.05, 3.63) is 83.4 Å². The number of ether oxygens (including phenoxy) is 1. The van der Waals surface area contributed by atoms with Crippen LogP contribution in [-0.2, 0) is 16.3 Å². The zero-order valence-electron chi connectivity index (χ0n) is 16.3. The fourth-order valence-corrected chi connectivity index (χ4v) is 3.40. The number of carbonyl (C=O) groups is 1. The molecule has 0 aliphatic carbocycles. The molecule has 2 amide bonds. The molecule has 6 nitrogen and oxygen atoms in total. The van der Waals surface area contributed by atoms with Crippen molar-refractivity contribution in [3.8, 4) is 11.5 Å². The summed E-state index contributed by atoms with van der Waals surface area (Å²) in [7, 11) is -3.24. The van der Waals surface area contributed by atoms with Gasteiger partial charge in [0.15, 0.2) is 9.84 Å². The molecule has 0 aliphatic heterocycles. The van der Waals surface area contributed by atoms with Gasteiger partial charge in [-0.05, 0) is 72.6 Å². The maximum atomic E-state index is 12.0. The Labute approximate surface area is 180 Å². The maximum absolute atomic E-state index is 12.0. The highest BCUT2D eigenvalue weighted by Gasteiger charge is 2.07. The van der Waals surface area contributed by atoms with Gasteiger partial charge in [0.1, 0.15) is 11.5 Å². The molecule has 3 aromatic carbocycles. The molecule has 0 aliphatic rings. The molecule has 0 unspecified atom stereocenters. The van der Waals surface area contributed by atoms with Crippen molar-refractivity contribution >= 4 is 33.2 Å². The van der Waals surface area contributed by atoms with Crippen LogP contribution in [0.15, 0.2) is 77.7 Å². The first-order chi connectivity index (χ1) is 14.3. The summed E-state index contributed by atoms with van der Waals surface area (Å²) in [4.78, 5) is 12.3. The minimum absolute atomic E-state index is 0.233. The zero-order valence-corrected chi connectivity index (χ0v) is 17.8. The second kappa shape index (κ2) is 9.65. The summed E-state index contributed by atoms with van der Waals surface area (Å²) >= 11 is 5.85. The fourth-order valence-electron chi connectivity index (χ4n) is 2.64. The van der Waals surface area contributed by atoms with Crippen molar-refractivity contribution in [2.24, 2.45) is 0 Å². The van der Waals surface area contributed by atoms with E-state index in [4.69, 9.17) is 16.3 Å². The summed E-state index contributed by atoms with van der Waals surface area (Å²) < 4.78 is 28.7. The molecule has 0 saturated carbocycles. The Morgan fingerprint density at radius 1 is 0.900 bits per heavy atom. The summed E-state index contributed by atoms with van der Waals surface area (Å²) in [5.41, 5.74) is 1.71. The number of carbonyl (C=O) groups excluding carboxylic acids is 1. The van der Waals surface area contributed by atoms with Gasteiger partial charge in [-0.2, -0.15) is 0 Å². The lowest BCUT2D eigenvalue weighted by Crippen LogP contribution is -2.30. The molecule has 0 atom stereocenters. The van der Waals surface area contributed by atoms with E-state index in [1.807, 2.05) is 24.3 Å². The summed E-state index contributed by atoms with van der Waals surface area (Å²) in [6.07, 6.45) is 1.86. The van der Waals surface area contributed by atoms with E-state index in [-0.39, 0.29) is 10.9 Å². The van der Waals surface area contributed by atoms with Gasteiger partial charge in [-0.1, -0.05) is 23.7 Å². The van der Waals surface area contributed by atoms with Gasteiger partial charge < -0.3 is 15.4 Å². The number of benzene rings is 3. The number of rotatable bonds is 7. The van der Waals surface area contributed by atoms with E-state index in [1.165, 1.54) is 12.1 Å². The van der Waals surface area contributed by atoms with E-state index in [1.54, 1.807) is 36.4 Å². The van der Waals surface area contributed by atoms with Crippen molar-refractivity contribution in [3.63, 3.8) is 0 Å². The van der Waals surface area contributed by atoms with Crippen molar-refractivity contribution in [2.45, 2.75) is 11.3 Å². The Bertz CT molecular complexity index is 1100. The molecule has 2 N–H and O–H groups in total. The van der Waals surface area contributed by atoms with Gasteiger partial charge in [0, 0.05) is 23.5 Å². The van der Waals surface area contributed by atoms with Crippen LogP contribution in [-0.4, -0.2) is 27.2 Å². The molecule has 0 fully saturated rings. The number of nitrogens with one attached hydrogen (secondary N) is 2. The van der Waals surface area contributed by atoms with Crippen LogP contribution in [0.4, 0.5) is 10.5 Å². The third kappa shape index (κ3) is 6.50. The molecule has 3 aromatic rings. The third-order valence-corrected chi connectivity index (χ3v) is 5.59. The molecular formula is C22H21ClN2O4S. The number of hydrogen-bond acceptors (Lipinski definition) is 4. The largest absolute Gasteiger partial charge is 0.457 e. The SMILES string of the molecule is CS(=O)(=O)c1ccc(Oc2ccc(NC(=O)NCCc3ccc(Cl)cc3)cc2)cc1. The lowest BCUT2D eigenvalue weighted by Gasteiger charge is -2.10. The van der Waals surface area contributed by atoms with Gasteiger partial charge in [-0.3, -0.25) is 0 Å². The quantitative estimate of drug-likeness (QED) is 0.542. The molecule has 0 radical (unpaired) electrons. The van der Waals surface area contributed by atoms with E-state index in [2.05, 4.69) is 10.6 Å². The number of halogens is 1. The summed E-state index contributed by atoms with van der Waals surface area (Å²) in [6, 6.07) is 20.2. The van der Waals surface area contributed by atoms with Crippen molar-refractivity contribution in [1.29, 1.82) is 0 Å². The number of anilines is 1. The van der Waals surface area contributed by atoms with Crippen LogP contribution < -0.4 is 15.4 Å². The summed E-state index contributed by atoms with van der Waals surface area (Å²) in [5, 5.41) is 6.24. The number of sulfone groups is 1. The first-order valence-corrected chi connectivity index (χ1v) is 11.4. The van der Waals surface area contributed by atoms with Crippen LogP contribution in [0.25, 0.3) is 0 Å². The van der Waals surface area contributed by atoms with Crippen LogP contribution in [0.1, 0.15) is 5.56 Å². The molecule has 3 rings (SSSR count). The average Bonchev–Trinajstić information content (AvgIpc) is 2.71. The van der Waals surface area contributed by atoms with Crippen LogP contribution in [0.5, 0.6) is 11.5 Å². The molecule has 0 spiro atoms. The van der Waals surface area contributed by atoms with Gasteiger partial charge in [0.05, 0.1) is 4.90 Å². The third-order valence-electron chi connectivity index (χ3n) is 4.21. The van der Waals surface area contributed by atoms with Gasteiger partial charge in [0.2, 0.25) is 0 Å². The molecule has 8 heteroatoms. The molecule has 0 saturated heterocycles. The minimum Gasteiger partial charge on any atom is -0.457 e. The van der Waals surface area contributed by atoms with Crippen molar-refractivity contribution in [1.82, 2.24) is 5.32 Å². The molecular weight excluding hydrogens is 424 g/mol. The highest BCUT2D eigenvalue weighted by atomic mass is 35.5. The highest BCUT2D eigenvalue weighted by Crippen LogP contribution is 2.24. The number of amides is 2. The monoisotopic (exact) mass is 444 g/mol. The summed E-state index contributed by atoms with van der Waals surface area (Å²) in [6.45, 7) is 0.498. The molecule has 0 heterocycles. The van der Waals surface area contributed by atoms with Gasteiger partial charge in [-0.25, -0.2) is 13.2 Å². The predicted octanol–water partition coefficient (Wildman–Crippen LogP) is 4.90. The molecule has 30 heavy (non-hydrogen) atoms. The average molecular weight is 445 g/mol.